The highest BCUT2D eigenvalue weighted by atomic mass is 16.6. The molecule has 1 N–H and O–H groups in total. The van der Waals surface area contributed by atoms with Gasteiger partial charge in [0.25, 0.3) is 5.89 Å². The van der Waals surface area contributed by atoms with Gasteiger partial charge in [-0.25, -0.2) is 4.79 Å². The molecule has 0 saturated carbocycles. The highest BCUT2D eigenvalue weighted by Gasteiger charge is 2.15. The lowest BCUT2D eigenvalue weighted by molar-refractivity contribution is -0.142. The smallest absolute Gasteiger partial charge is 0.355 e. The van der Waals surface area contributed by atoms with Crippen molar-refractivity contribution >= 4 is 18.0 Å². The monoisotopic (exact) mass is 363 g/mol. The zero-order valence-electron chi connectivity index (χ0n) is 14.6. The van der Waals surface area contributed by atoms with E-state index >= 15 is 0 Å². The zero-order valence-corrected chi connectivity index (χ0v) is 14.6. The molecule has 0 radical (unpaired) electrons. The molecule has 2 aromatic carbocycles. The second-order valence-corrected chi connectivity index (χ2v) is 5.60. The van der Waals surface area contributed by atoms with E-state index in [9.17, 15) is 9.59 Å². The van der Waals surface area contributed by atoms with E-state index in [0.29, 0.717) is 5.82 Å². The summed E-state index contributed by atoms with van der Waals surface area (Å²) >= 11 is 0. The van der Waals surface area contributed by atoms with Crippen LogP contribution in [0.1, 0.15) is 18.4 Å². The molecule has 0 aliphatic carbocycles. The first-order valence-corrected chi connectivity index (χ1v) is 8.21. The Morgan fingerprint density at radius 2 is 1.74 bits per heavy atom. The van der Waals surface area contributed by atoms with Crippen LogP contribution in [0.25, 0.3) is 17.5 Å². The molecule has 0 saturated heterocycles. The van der Waals surface area contributed by atoms with Gasteiger partial charge >= 0.3 is 5.97 Å². The van der Waals surface area contributed by atoms with Crippen molar-refractivity contribution in [2.24, 2.45) is 0 Å². The number of benzene rings is 2. The van der Waals surface area contributed by atoms with Crippen LogP contribution in [0.4, 0.5) is 0 Å². The fraction of sp³-hybridized carbons (Fsp3) is 0.100. The quantitative estimate of drug-likeness (QED) is 0.534. The van der Waals surface area contributed by atoms with Crippen molar-refractivity contribution < 1.29 is 18.8 Å². The normalized spacial score (nSPS) is 11.1. The second kappa shape index (κ2) is 8.57. The Labute approximate surface area is 155 Å². The first-order chi connectivity index (χ1) is 13.1. The lowest BCUT2D eigenvalue weighted by atomic mass is 10.2. The first-order valence-electron chi connectivity index (χ1n) is 8.21. The summed E-state index contributed by atoms with van der Waals surface area (Å²) in [4.78, 5) is 27.9. The number of carbonyl (C=O) groups is 2. The van der Waals surface area contributed by atoms with Gasteiger partial charge in [0, 0.05) is 12.5 Å². The molecule has 7 heteroatoms. The summed E-state index contributed by atoms with van der Waals surface area (Å²) in [6.07, 6.45) is 1.53. The molecule has 0 unspecified atom stereocenters. The number of amides is 1. The third-order valence-corrected chi connectivity index (χ3v) is 3.47. The molecular weight excluding hydrogens is 346 g/mol. The van der Waals surface area contributed by atoms with Crippen LogP contribution < -0.4 is 5.32 Å². The van der Waals surface area contributed by atoms with Gasteiger partial charge in [-0.05, 0) is 11.6 Å². The minimum Gasteiger partial charge on any atom is -0.451 e. The summed E-state index contributed by atoms with van der Waals surface area (Å²) in [5.41, 5.74) is 1.57. The fourth-order valence-electron chi connectivity index (χ4n) is 2.27. The lowest BCUT2D eigenvalue weighted by Gasteiger charge is -2.07. The zero-order chi connectivity index (χ0) is 19.1. The number of esters is 1. The number of hydrogen-bond donors (Lipinski definition) is 1. The molecule has 1 amide bonds. The molecular formula is C20H17N3O4. The summed E-state index contributed by atoms with van der Waals surface area (Å²) < 4.78 is 10.3. The van der Waals surface area contributed by atoms with Crippen molar-refractivity contribution in [1.29, 1.82) is 0 Å². The SMILES string of the molecule is CC(=O)N/C(=C\c1ccccc1)C(=O)OCc1nc(-c2ccccc2)no1. The van der Waals surface area contributed by atoms with E-state index in [2.05, 4.69) is 15.5 Å². The van der Waals surface area contributed by atoms with Gasteiger partial charge in [-0.3, -0.25) is 4.79 Å². The highest BCUT2D eigenvalue weighted by molar-refractivity contribution is 5.97. The molecule has 0 aliphatic rings. The molecule has 0 bridgehead atoms. The Hall–Kier alpha value is -3.74. The topological polar surface area (TPSA) is 94.3 Å². The van der Waals surface area contributed by atoms with E-state index in [4.69, 9.17) is 9.26 Å². The van der Waals surface area contributed by atoms with E-state index < -0.39 is 5.97 Å². The maximum Gasteiger partial charge on any atom is 0.355 e. The van der Waals surface area contributed by atoms with Crippen LogP contribution in [0.15, 0.2) is 70.9 Å². The third-order valence-electron chi connectivity index (χ3n) is 3.47. The summed E-state index contributed by atoms with van der Waals surface area (Å²) in [7, 11) is 0. The largest absolute Gasteiger partial charge is 0.451 e. The average Bonchev–Trinajstić information content (AvgIpc) is 3.16. The molecule has 7 nitrogen and oxygen atoms in total. The average molecular weight is 363 g/mol. The molecule has 0 atom stereocenters. The molecule has 136 valence electrons. The molecule has 1 heterocycles. The summed E-state index contributed by atoms with van der Waals surface area (Å²) in [6.45, 7) is 1.11. The summed E-state index contributed by atoms with van der Waals surface area (Å²) in [5.74, 6) is -0.514. The standard InChI is InChI=1S/C20H17N3O4/c1-14(24)21-17(12-15-8-4-2-5-9-15)20(25)26-13-18-22-19(23-27-18)16-10-6-3-7-11-16/h2-12H,13H2,1H3,(H,21,24)/b17-12-. The Balaban J connectivity index is 1.68. The number of carbonyl (C=O) groups excluding carboxylic acids is 2. The Morgan fingerprint density at radius 1 is 1.07 bits per heavy atom. The van der Waals surface area contributed by atoms with Crippen LogP contribution in [0.2, 0.25) is 0 Å². The second-order valence-electron chi connectivity index (χ2n) is 5.60. The molecule has 0 fully saturated rings. The lowest BCUT2D eigenvalue weighted by Crippen LogP contribution is -2.26. The molecule has 1 aromatic heterocycles. The Kier molecular flexibility index (Phi) is 5.73. The predicted octanol–water partition coefficient (Wildman–Crippen LogP) is 2.96. The fourth-order valence-corrected chi connectivity index (χ4v) is 2.27. The number of rotatable bonds is 6. The van der Waals surface area contributed by atoms with Crippen molar-refractivity contribution in [2.75, 3.05) is 0 Å². The number of nitrogens with one attached hydrogen (secondary N) is 1. The molecule has 3 rings (SSSR count). The van der Waals surface area contributed by atoms with Gasteiger partial charge in [0.05, 0.1) is 0 Å². The van der Waals surface area contributed by atoms with Crippen LogP contribution in [0, 0.1) is 0 Å². The van der Waals surface area contributed by atoms with Gasteiger partial charge in [0.2, 0.25) is 11.7 Å². The Bertz CT molecular complexity index is 950. The van der Waals surface area contributed by atoms with Gasteiger partial charge in [-0.1, -0.05) is 65.8 Å². The number of ether oxygens (including phenoxy) is 1. The number of hydrogen-bond acceptors (Lipinski definition) is 6. The number of nitrogens with zero attached hydrogens (tertiary/aromatic N) is 2. The maximum absolute atomic E-state index is 12.3. The van der Waals surface area contributed by atoms with Crippen LogP contribution in [0.5, 0.6) is 0 Å². The van der Waals surface area contributed by atoms with E-state index in [1.54, 1.807) is 12.1 Å². The third kappa shape index (κ3) is 5.12. The molecule has 27 heavy (non-hydrogen) atoms. The van der Waals surface area contributed by atoms with E-state index in [-0.39, 0.29) is 24.1 Å². The van der Waals surface area contributed by atoms with E-state index in [1.165, 1.54) is 13.0 Å². The van der Waals surface area contributed by atoms with Gasteiger partial charge in [-0.15, -0.1) is 0 Å². The van der Waals surface area contributed by atoms with E-state index in [0.717, 1.165) is 11.1 Å². The summed E-state index contributed by atoms with van der Waals surface area (Å²) in [6, 6.07) is 18.4. The van der Waals surface area contributed by atoms with Crippen molar-refractivity contribution in [1.82, 2.24) is 15.5 Å². The van der Waals surface area contributed by atoms with Crippen LogP contribution in [-0.4, -0.2) is 22.0 Å². The van der Waals surface area contributed by atoms with E-state index in [1.807, 2.05) is 48.5 Å². The molecule has 0 aliphatic heterocycles. The minimum absolute atomic E-state index is 0.0245. The molecule has 0 spiro atoms. The highest BCUT2D eigenvalue weighted by Crippen LogP contribution is 2.15. The van der Waals surface area contributed by atoms with Crippen molar-refractivity contribution in [3.05, 3.63) is 77.8 Å². The van der Waals surface area contributed by atoms with Crippen molar-refractivity contribution in [2.45, 2.75) is 13.5 Å². The van der Waals surface area contributed by atoms with Gasteiger partial charge in [0.15, 0.2) is 6.61 Å². The van der Waals surface area contributed by atoms with Crippen LogP contribution in [0.3, 0.4) is 0 Å². The predicted molar refractivity (Wildman–Crippen MR) is 97.8 cm³/mol. The summed E-state index contributed by atoms with van der Waals surface area (Å²) in [5, 5.41) is 6.34. The maximum atomic E-state index is 12.3. The first kappa shape index (κ1) is 18.1. The van der Waals surface area contributed by atoms with Gasteiger partial charge in [0.1, 0.15) is 5.70 Å². The number of aromatic nitrogens is 2. The van der Waals surface area contributed by atoms with Gasteiger partial charge < -0.3 is 14.6 Å². The van der Waals surface area contributed by atoms with Crippen molar-refractivity contribution in [3.8, 4) is 11.4 Å². The van der Waals surface area contributed by atoms with Crippen LogP contribution in [-0.2, 0) is 20.9 Å². The minimum atomic E-state index is -0.700. The molecule has 3 aromatic rings. The van der Waals surface area contributed by atoms with Gasteiger partial charge in [-0.2, -0.15) is 4.98 Å². The van der Waals surface area contributed by atoms with Crippen LogP contribution >= 0.6 is 0 Å². The van der Waals surface area contributed by atoms with Crippen molar-refractivity contribution in [3.63, 3.8) is 0 Å². The Morgan fingerprint density at radius 3 is 2.41 bits per heavy atom.